The molecule has 0 aromatic heterocycles. The van der Waals surface area contributed by atoms with Crippen molar-refractivity contribution in [2.24, 2.45) is 5.41 Å². The van der Waals surface area contributed by atoms with Gasteiger partial charge in [0.2, 0.25) is 0 Å². The summed E-state index contributed by atoms with van der Waals surface area (Å²) >= 11 is 0. The second kappa shape index (κ2) is 8.32. The van der Waals surface area contributed by atoms with E-state index >= 15 is 0 Å². The van der Waals surface area contributed by atoms with E-state index in [1.165, 1.54) is 27.8 Å². The molecule has 0 radical (unpaired) electrons. The zero-order valence-corrected chi connectivity index (χ0v) is 17.8. The van der Waals surface area contributed by atoms with E-state index in [0.717, 1.165) is 12.8 Å². The number of aryl methyl sites for hydroxylation is 1. The van der Waals surface area contributed by atoms with E-state index in [9.17, 15) is 0 Å². The highest BCUT2D eigenvalue weighted by Gasteiger charge is 2.39. The Bertz CT molecular complexity index is 885. The van der Waals surface area contributed by atoms with Crippen molar-refractivity contribution in [2.75, 3.05) is 7.11 Å². The van der Waals surface area contributed by atoms with Gasteiger partial charge in [0.05, 0.1) is 0 Å². The highest BCUT2D eigenvalue weighted by molar-refractivity contribution is 5.51. The third-order valence-corrected chi connectivity index (χ3v) is 5.63. The Labute approximate surface area is 170 Å². The van der Waals surface area contributed by atoms with Crippen molar-refractivity contribution in [3.05, 3.63) is 107 Å². The maximum Gasteiger partial charge on any atom is 0.139 e. The maximum absolute atomic E-state index is 6.40. The fraction of sp³-hybridized carbons (Fsp3) is 0.333. The van der Waals surface area contributed by atoms with Crippen LogP contribution in [0.2, 0.25) is 0 Å². The van der Waals surface area contributed by atoms with Crippen LogP contribution in [0.15, 0.2) is 95.7 Å². The van der Waals surface area contributed by atoms with Crippen molar-refractivity contribution in [2.45, 2.75) is 46.1 Å². The molecule has 0 N–H and O–H groups in total. The maximum atomic E-state index is 6.40. The summed E-state index contributed by atoms with van der Waals surface area (Å²) < 4.78 is 6.40. The van der Waals surface area contributed by atoms with Gasteiger partial charge in [0.1, 0.15) is 5.60 Å². The Hall–Kier alpha value is -2.38. The van der Waals surface area contributed by atoms with Crippen LogP contribution in [0.5, 0.6) is 0 Å². The molecule has 2 aliphatic carbocycles. The molecule has 0 bridgehead atoms. The SMILES string of the molecule is COC(C1=CCC(C)=CC=C1)(/C1=C/C=C\C(C)(C)/C=C\C1)c1ccc(C)cc1. The molecule has 1 unspecified atom stereocenters. The molecule has 1 atom stereocenters. The first-order valence-electron chi connectivity index (χ1n) is 10.1. The summed E-state index contributed by atoms with van der Waals surface area (Å²) in [5.41, 5.74) is 5.70. The van der Waals surface area contributed by atoms with Crippen molar-refractivity contribution >= 4 is 0 Å². The molecule has 0 amide bonds. The molecule has 146 valence electrons. The zero-order chi connectivity index (χ0) is 20.2. The van der Waals surface area contributed by atoms with E-state index in [2.05, 4.69) is 107 Å². The van der Waals surface area contributed by atoms with Gasteiger partial charge >= 0.3 is 0 Å². The third kappa shape index (κ3) is 4.20. The van der Waals surface area contributed by atoms with Crippen LogP contribution in [-0.2, 0) is 10.3 Å². The largest absolute Gasteiger partial charge is 0.364 e. The molecule has 0 heterocycles. The number of ether oxygens (including phenoxy) is 1. The molecule has 0 saturated carbocycles. The second-order valence-corrected chi connectivity index (χ2v) is 8.47. The van der Waals surface area contributed by atoms with Gasteiger partial charge in [-0.2, -0.15) is 0 Å². The molecule has 1 aromatic carbocycles. The number of allylic oxidation sites excluding steroid dienone is 9. The minimum Gasteiger partial charge on any atom is -0.364 e. The molecule has 1 heteroatoms. The number of methoxy groups -OCH3 is 1. The standard InChI is InChI=1S/C27H32O/c1-21-9-6-10-24(16-13-21)27(28-5,25-17-14-22(2)15-18-25)23-11-7-19-26(3,4)20-8-12-23/h6-11,14-20H,12-13H2,1-5H3/b19-7-,20-8-,23-11+. The van der Waals surface area contributed by atoms with E-state index in [-0.39, 0.29) is 5.41 Å². The molecular weight excluding hydrogens is 340 g/mol. The lowest BCUT2D eigenvalue weighted by molar-refractivity contribution is 0.0522. The van der Waals surface area contributed by atoms with Crippen molar-refractivity contribution in [1.29, 1.82) is 0 Å². The van der Waals surface area contributed by atoms with Crippen molar-refractivity contribution in [1.82, 2.24) is 0 Å². The lowest BCUT2D eigenvalue weighted by Crippen LogP contribution is -2.33. The van der Waals surface area contributed by atoms with E-state index in [4.69, 9.17) is 4.74 Å². The van der Waals surface area contributed by atoms with E-state index < -0.39 is 5.60 Å². The fourth-order valence-corrected chi connectivity index (χ4v) is 3.96. The van der Waals surface area contributed by atoms with Crippen molar-refractivity contribution in [3.8, 4) is 0 Å². The summed E-state index contributed by atoms with van der Waals surface area (Å²) in [5.74, 6) is 0. The Morgan fingerprint density at radius 1 is 0.929 bits per heavy atom. The van der Waals surface area contributed by atoms with Crippen molar-refractivity contribution in [3.63, 3.8) is 0 Å². The first-order valence-corrected chi connectivity index (χ1v) is 10.1. The second-order valence-electron chi connectivity index (χ2n) is 8.47. The first-order chi connectivity index (χ1) is 13.4. The number of hydrogen-bond acceptors (Lipinski definition) is 1. The molecule has 28 heavy (non-hydrogen) atoms. The molecule has 0 fully saturated rings. The monoisotopic (exact) mass is 372 g/mol. The molecular formula is C27H32O. The van der Waals surface area contributed by atoms with Crippen LogP contribution in [-0.4, -0.2) is 7.11 Å². The van der Waals surface area contributed by atoms with Crippen LogP contribution in [0.25, 0.3) is 0 Å². The van der Waals surface area contributed by atoms with Crippen LogP contribution in [0.1, 0.15) is 44.7 Å². The summed E-state index contributed by atoms with van der Waals surface area (Å²) in [5, 5.41) is 0. The lowest BCUT2D eigenvalue weighted by Gasteiger charge is -2.37. The molecule has 1 aromatic rings. The first kappa shape index (κ1) is 20.4. The molecule has 0 saturated heterocycles. The lowest BCUT2D eigenvalue weighted by atomic mass is 9.76. The summed E-state index contributed by atoms with van der Waals surface area (Å²) in [7, 11) is 1.83. The quantitative estimate of drug-likeness (QED) is 0.510. The van der Waals surface area contributed by atoms with Gasteiger partial charge in [0.25, 0.3) is 0 Å². The number of hydrogen-bond donors (Lipinski definition) is 0. The van der Waals surface area contributed by atoms with Crippen molar-refractivity contribution < 1.29 is 4.74 Å². The highest BCUT2D eigenvalue weighted by atomic mass is 16.5. The number of rotatable bonds is 4. The van der Waals surface area contributed by atoms with Gasteiger partial charge in [0, 0.05) is 12.5 Å². The van der Waals surface area contributed by atoms with Gasteiger partial charge in [-0.15, -0.1) is 0 Å². The van der Waals surface area contributed by atoms with Gasteiger partial charge < -0.3 is 4.74 Å². The van der Waals surface area contributed by atoms with Gasteiger partial charge in [0.15, 0.2) is 0 Å². The molecule has 1 nitrogen and oxygen atoms in total. The minimum absolute atomic E-state index is 0.0736. The van der Waals surface area contributed by atoms with Crippen LogP contribution in [0.3, 0.4) is 0 Å². The summed E-state index contributed by atoms with van der Waals surface area (Å²) in [4.78, 5) is 0. The van der Waals surface area contributed by atoms with Crippen LogP contribution in [0.4, 0.5) is 0 Å². The predicted octanol–water partition coefficient (Wildman–Crippen LogP) is 7.14. The Kier molecular flexibility index (Phi) is 6.05. The molecule has 2 aliphatic rings. The van der Waals surface area contributed by atoms with E-state index in [1.54, 1.807) is 0 Å². The predicted molar refractivity (Wildman–Crippen MR) is 120 cm³/mol. The number of benzene rings is 1. The van der Waals surface area contributed by atoms with Gasteiger partial charge in [-0.25, -0.2) is 0 Å². The molecule has 3 rings (SSSR count). The highest BCUT2D eigenvalue weighted by Crippen LogP contribution is 2.44. The smallest absolute Gasteiger partial charge is 0.139 e. The minimum atomic E-state index is -0.598. The van der Waals surface area contributed by atoms with E-state index in [0.29, 0.717) is 0 Å². The summed E-state index contributed by atoms with van der Waals surface area (Å²) in [6.45, 7) is 8.76. The van der Waals surface area contributed by atoms with Crippen LogP contribution < -0.4 is 0 Å². The van der Waals surface area contributed by atoms with Gasteiger partial charge in [-0.3, -0.25) is 0 Å². The van der Waals surface area contributed by atoms with Crippen LogP contribution >= 0.6 is 0 Å². The summed E-state index contributed by atoms with van der Waals surface area (Å²) in [6.07, 6.45) is 21.9. The normalized spacial score (nSPS) is 25.1. The zero-order valence-electron chi connectivity index (χ0n) is 17.8. The fourth-order valence-electron chi connectivity index (χ4n) is 3.96. The summed E-state index contributed by atoms with van der Waals surface area (Å²) in [6, 6.07) is 8.75. The third-order valence-electron chi connectivity index (χ3n) is 5.63. The molecule has 0 spiro atoms. The Morgan fingerprint density at radius 2 is 1.68 bits per heavy atom. The van der Waals surface area contributed by atoms with Crippen LogP contribution in [0, 0.1) is 12.3 Å². The van der Waals surface area contributed by atoms with Gasteiger partial charge in [-0.1, -0.05) is 104 Å². The Balaban J connectivity index is 2.19. The average molecular weight is 373 g/mol. The Morgan fingerprint density at radius 3 is 2.39 bits per heavy atom. The van der Waals surface area contributed by atoms with E-state index in [1.807, 2.05) is 7.11 Å². The van der Waals surface area contributed by atoms with Gasteiger partial charge in [-0.05, 0) is 43.4 Å². The molecule has 0 aliphatic heterocycles. The average Bonchev–Trinajstić information content (AvgIpc) is 2.87. The topological polar surface area (TPSA) is 9.23 Å².